The molecule has 1 heterocycles. The molecule has 0 radical (unpaired) electrons. The quantitative estimate of drug-likeness (QED) is 0.924. The molecule has 1 fully saturated rings. The molecule has 0 saturated carbocycles. The number of hydrogen-bond donors (Lipinski definition) is 1. The van der Waals surface area contributed by atoms with Gasteiger partial charge in [-0.3, -0.25) is 9.59 Å². The molecule has 1 aliphatic rings. The molecule has 0 spiro atoms. The zero-order valence-electron chi connectivity index (χ0n) is 12.7. The average Bonchev–Trinajstić information content (AvgIpc) is 2.36. The maximum absolute atomic E-state index is 12.7. The second kappa shape index (κ2) is 6.26. The van der Waals surface area contributed by atoms with Gasteiger partial charge < -0.3 is 14.7 Å². The molecule has 114 valence electrons. The molecule has 0 aliphatic carbocycles. The second-order valence-corrected chi connectivity index (χ2v) is 5.62. The summed E-state index contributed by atoms with van der Waals surface area (Å²) in [5.41, 5.74) is 3.77. The van der Waals surface area contributed by atoms with Crippen molar-refractivity contribution in [1.82, 2.24) is 4.90 Å². The molecular formula is C16H21NO4. The number of ether oxygens (including phenoxy) is 1. The molecule has 1 unspecified atom stereocenters. The molecule has 5 heteroatoms. The number of carboxylic acid groups (broad SMARTS) is 1. The summed E-state index contributed by atoms with van der Waals surface area (Å²) in [6, 6.07) is 3.99. The van der Waals surface area contributed by atoms with E-state index in [1.165, 1.54) is 0 Å². The lowest BCUT2D eigenvalue weighted by Gasteiger charge is -2.33. The molecule has 2 rings (SSSR count). The molecule has 0 aromatic heterocycles. The standard InChI is InChI=1S/C16H21NO4/c1-10-6-11(2)15(12(3)7-10)16(20)17-4-5-21-13(9-17)8-14(18)19/h6-7,13H,4-5,8-9H2,1-3H3,(H,18,19). The first-order valence-electron chi connectivity index (χ1n) is 7.09. The number of hydrogen-bond acceptors (Lipinski definition) is 3. The van der Waals surface area contributed by atoms with Gasteiger partial charge in [0, 0.05) is 18.7 Å². The van der Waals surface area contributed by atoms with Gasteiger partial charge in [-0.25, -0.2) is 0 Å². The minimum absolute atomic E-state index is 0.0383. The van der Waals surface area contributed by atoms with Gasteiger partial charge in [-0.1, -0.05) is 17.7 Å². The Labute approximate surface area is 124 Å². The Balaban J connectivity index is 2.18. The van der Waals surface area contributed by atoms with E-state index in [0.717, 1.165) is 22.3 Å². The van der Waals surface area contributed by atoms with Gasteiger partial charge >= 0.3 is 5.97 Å². The monoisotopic (exact) mass is 291 g/mol. The van der Waals surface area contributed by atoms with Gasteiger partial charge in [0.05, 0.1) is 19.1 Å². The average molecular weight is 291 g/mol. The maximum atomic E-state index is 12.7. The van der Waals surface area contributed by atoms with E-state index in [1.807, 2.05) is 32.9 Å². The van der Waals surface area contributed by atoms with Gasteiger partial charge in [-0.05, 0) is 31.9 Å². The van der Waals surface area contributed by atoms with Crippen molar-refractivity contribution in [3.63, 3.8) is 0 Å². The van der Waals surface area contributed by atoms with Gasteiger partial charge in [-0.2, -0.15) is 0 Å². The summed E-state index contributed by atoms with van der Waals surface area (Å²) >= 11 is 0. The van der Waals surface area contributed by atoms with Crippen LogP contribution in [0.1, 0.15) is 33.5 Å². The van der Waals surface area contributed by atoms with Gasteiger partial charge in [0.2, 0.25) is 0 Å². The summed E-state index contributed by atoms with van der Waals surface area (Å²) in [7, 11) is 0. The van der Waals surface area contributed by atoms with Crippen molar-refractivity contribution in [3.8, 4) is 0 Å². The summed E-state index contributed by atoms with van der Waals surface area (Å²) < 4.78 is 5.41. The predicted molar refractivity (Wildman–Crippen MR) is 78.5 cm³/mol. The van der Waals surface area contributed by atoms with E-state index in [2.05, 4.69) is 0 Å². The number of carbonyl (C=O) groups excluding carboxylic acids is 1. The molecule has 1 aromatic carbocycles. The van der Waals surface area contributed by atoms with Crippen molar-refractivity contribution in [1.29, 1.82) is 0 Å². The first-order chi connectivity index (χ1) is 9.88. The minimum atomic E-state index is -0.906. The van der Waals surface area contributed by atoms with E-state index < -0.39 is 12.1 Å². The van der Waals surface area contributed by atoms with Gasteiger partial charge in [0.1, 0.15) is 0 Å². The van der Waals surface area contributed by atoms with E-state index in [4.69, 9.17) is 9.84 Å². The molecule has 1 amide bonds. The third-order valence-electron chi connectivity index (χ3n) is 3.72. The van der Waals surface area contributed by atoms with Crippen LogP contribution in [-0.4, -0.2) is 47.7 Å². The zero-order valence-corrected chi connectivity index (χ0v) is 12.7. The van der Waals surface area contributed by atoms with Crippen LogP contribution in [0.4, 0.5) is 0 Å². The second-order valence-electron chi connectivity index (χ2n) is 5.62. The molecule has 0 bridgehead atoms. The van der Waals surface area contributed by atoms with Crippen LogP contribution < -0.4 is 0 Å². The van der Waals surface area contributed by atoms with Crippen LogP contribution in [-0.2, 0) is 9.53 Å². The Hall–Kier alpha value is -1.88. The van der Waals surface area contributed by atoms with Gasteiger partial charge in [-0.15, -0.1) is 0 Å². The third kappa shape index (κ3) is 3.61. The fourth-order valence-corrected chi connectivity index (χ4v) is 2.90. The first kappa shape index (κ1) is 15.5. The molecule has 5 nitrogen and oxygen atoms in total. The molecule has 1 aliphatic heterocycles. The van der Waals surface area contributed by atoms with E-state index in [0.29, 0.717) is 19.7 Å². The number of aliphatic carboxylic acids is 1. The van der Waals surface area contributed by atoms with Crippen LogP contribution in [0.25, 0.3) is 0 Å². The number of rotatable bonds is 3. The van der Waals surface area contributed by atoms with Crippen molar-refractivity contribution >= 4 is 11.9 Å². The summed E-state index contributed by atoms with van der Waals surface area (Å²) in [5.74, 6) is -0.944. The predicted octanol–water partition coefficient (Wildman–Crippen LogP) is 1.93. The largest absolute Gasteiger partial charge is 0.481 e. The highest BCUT2D eigenvalue weighted by Gasteiger charge is 2.28. The van der Waals surface area contributed by atoms with Crippen molar-refractivity contribution in [2.75, 3.05) is 19.7 Å². The van der Waals surface area contributed by atoms with Crippen LogP contribution in [0.15, 0.2) is 12.1 Å². The first-order valence-corrected chi connectivity index (χ1v) is 7.09. The van der Waals surface area contributed by atoms with E-state index in [-0.39, 0.29) is 12.3 Å². The molecule has 1 N–H and O–H groups in total. The zero-order chi connectivity index (χ0) is 15.6. The van der Waals surface area contributed by atoms with Crippen molar-refractivity contribution in [2.45, 2.75) is 33.3 Å². The number of morpholine rings is 1. The van der Waals surface area contributed by atoms with Crippen LogP contribution in [0.5, 0.6) is 0 Å². The number of nitrogens with zero attached hydrogens (tertiary/aromatic N) is 1. The minimum Gasteiger partial charge on any atom is -0.481 e. The van der Waals surface area contributed by atoms with E-state index in [1.54, 1.807) is 4.90 Å². The lowest BCUT2D eigenvalue weighted by molar-refractivity contribution is -0.141. The Bertz CT molecular complexity index is 544. The molecule has 1 atom stereocenters. The highest BCUT2D eigenvalue weighted by Crippen LogP contribution is 2.20. The number of aryl methyl sites for hydroxylation is 3. The summed E-state index contributed by atoms with van der Waals surface area (Å²) in [6.07, 6.45) is -0.499. The Morgan fingerprint density at radius 3 is 2.48 bits per heavy atom. The fraction of sp³-hybridized carbons (Fsp3) is 0.500. The van der Waals surface area contributed by atoms with Crippen LogP contribution >= 0.6 is 0 Å². The van der Waals surface area contributed by atoms with Crippen molar-refractivity contribution in [3.05, 3.63) is 34.4 Å². The summed E-state index contributed by atoms with van der Waals surface area (Å²) in [5, 5.41) is 8.84. The van der Waals surface area contributed by atoms with E-state index >= 15 is 0 Å². The van der Waals surface area contributed by atoms with Gasteiger partial charge in [0.25, 0.3) is 5.91 Å². The van der Waals surface area contributed by atoms with E-state index in [9.17, 15) is 9.59 Å². The number of benzene rings is 1. The van der Waals surface area contributed by atoms with Crippen LogP contribution in [0.3, 0.4) is 0 Å². The maximum Gasteiger partial charge on any atom is 0.306 e. The topological polar surface area (TPSA) is 66.8 Å². The SMILES string of the molecule is Cc1cc(C)c(C(=O)N2CCOC(CC(=O)O)C2)c(C)c1. The lowest BCUT2D eigenvalue weighted by atomic mass is 9.98. The molecule has 1 saturated heterocycles. The number of carboxylic acids is 1. The summed E-state index contributed by atoms with van der Waals surface area (Å²) in [4.78, 5) is 25.2. The van der Waals surface area contributed by atoms with Crippen molar-refractivity contribution in [2.24, 2.45) is 0 Å². The Kier molecular flexibility index (Phi) is 4.63. The Morgan fingerprint density at radius 1 is 1.29 bits per heavy atom. The Morgan fingerprint density at radius 2 is 1.90 bits per heavy atom. The third-order valence-corrected chi connectivity index (χ3v) is 3.72. The van der Waals surface area contributed by atoms with Crippen LogP contribution in [0, 0.1) is 20.8 Å². The number of amides is 1. The van der Waals surface area contributed by atoms with Gasteiger partial charge in [0.15, 0.2) is 0 Å². The fourth-order valence-electron chi connectivity index (χ4n) is 2.90. The molecule has 1 aromatic rings. The highest BCUT2D eigenvalue weighted by atomic mass is 16.5. The molecular weight excluding hydrogens is 270 g/mol. The normalized spacial score (nSPS) is 18.6. The lowest BCUT2D eigenvalue weighted by Crippen LogP contribution is -2.46. The molecule has 21 heavy (non-hydrogen) atoms. The summed E-state index contributed by atoms with van der Waals surface area (Å²) in [6.45, 7) is 7.09. The van der Waals surface area contributed by atoms with Crippen molar-refractivity contribution < 1.29 is 19.4 Å². The number of carbonyl (C=O) groups is 2. The van der Waals surface area contributed by atoms with Crippen LogP contribution in [0.2, 0.25) is 0 Å². The highest BCUT2D eigenvalue weighted by molar-refractivity contribution is 5.97. The smallest absolute Gasteiger partial charge is 0.306 e.